The molecule has 0 saturated carbocycles. The van der Waals surface area contributed by atoms with E-state index in [2.05, 4.69) is 45.1 Å². The first kappa shape index (κ1) is 46.9. The molecule has 286 valence electrons. The van der Waals surface area contributed by atoms with Gasteiger partial charge in [0.25, 0.3) is 0 Å². The highest BCUT2D eigenvalue weighted by Gasteiger charge is 2.19. The van der Waals surface area contributed by atoms with E-state index in [1.165, 1.54) is 103 Å². The van der Waals surface area contributed by atoms with Crippen LogP contribution >= 0.6 is 0 Å². The van der Waals surface area contributed by atoms with Gasteiger partial charge in [0.1, 0.15) is 13.2 Å². The van der Waals surface area contributed by atoms with Crippen molar-refractivity contribution in [1.29, 1.82) is 0 Å². The highest BCUT2D eigenvalue weighted by molar-refractivity contribution is 5.71. The first-order chi connectivity index (χ1) is 24.0. The Balaban J connectivity index is 4.40. The molecule has 1 unspecified atom stereocenters. The van der Waals surface area contributed by atoms with Crippen LogP contribution in [0.2, 0.25) is 0 Å². The van der Waals surface area contributed by atoms with Gasteiger partial charge < -0.3 is 14.2 Å². The lowest BCUT2D eigenvalue weighted by Gasteiger charge is -2.18. The van der Waals surface area contributed by atoms with E-state index in [0.29, 0.717) is 19.3 Å². The van der Waals surface area contributed by atoms with Gasteiger partial charge in [0, 0.05) is 19.3 Å². The zero-order valence-corrected chi connectivity index (χ0v) is 32.5. The topological polar surface area (TPSA) is 78.9 Å². The summed E-state index contributed by atoms with van der Waals surface area (Å²) in [5.41, 5.74) is 0. The van der Waals surface area contributed by atoms with Crippen LogP contribution in [0.3, 0.4) is 0 Å². The van der Waals surface area contributed by atoms with E-state index in [1.807, 2.05) is 0 Å². The molecule has 0 amide bonds. The van der Waals surface area contributed by atoms with Crippen molar-refractivity contribution in [3.05, 3.63) is 24.3 Å². The second-order valence-corrected chi connectivity index (χ2v) is 13.9. The van der Waals surface area contributed by atoms with Crippen molar-refractivity contribution >= 4 is 17.9 Å². The average molecular weight is 691 g/mol. The number of carbonyl (C=O) groups excluding carboxylic acids is 3. The molecule has 49 heavy (non-hydrogen) atoms. The number of rotatable bonds is 37. The zero-order valence-electron chi connectivity index (χ0n) is 32.5. The van der Waals surface area contributed by atoms with Gasteiger partial charge >= 0.3 is 17.9 Å². The van der Waals surface area contributed by atoms with Crippen molar-refractivity contribution < 1.29 is 28.6 Å². The lowest BCUT2D eigenvalue weighted by Crippen LogP contribution is -2.30. The Morgan fingerprint density at radius 1 is 0.408 bits per heavy atom. The van der Waals surface area contributed by atoms with Gasteiger partial charge in [0.15, 0.2) is 6.10 Å². The molecule has 0 aliphatic heterocycles. The summed E-state index contributed by atoms with van der Waals surface area (Å²) in [7, 11) is 0. The number of ether oxygens (including phenoxy) is 3. The first-order valence-electron chi connectivity index (χ1n) is 20.9. The van der Waals surface area contributed by atoms with Gasteiger partial charge in [-0.15, -0.1) is 0 Å². The smallest absolute Gasteiger partial charge is 0.306 e. The van der Waals surface area contributed by atoms with Crippen LogP contribution in [0.4, 0.5) is 0 Å². The molecule has 0 aromatic heterocycles. The SMILES string of the molecule is CCCC/C=C\C=C/CCCCCC(=O)OCC(COC(=O)CCCCCCCCCCC)OC(=O)CCCCCCCCCCCCC. The molecule has 0 N–H and O–H groups in total. The molecular weight excluding hydrogens is 612 g/mol. The minimum absolute atomic E-state index is 0.0766. The monoisotopic (exact) mass is 691 g/mol. The summed E-state index contributed by atoms with van der Waals surface area (Å²) in [6.07, 6.45) is 40.2. The average Bonchev–Trinajstić information content (AvgIpc) is 3.10. The minimum atomic E-state index is -0.772. The first-order valence-corrected chi connectivity index (χ1v) is 20.9. The minimum Gasteiger partial charge on any atom is -0.462 e. The van der Waals surface area contributed by atoms with Crippen LogP contribution in [-0.4, -0.2) is 37.2 Å². The van der Waals surface area contributed by atoms with Crippen molar-refractivity contribution in [1.82, 2.24) is 0 Å². The van der Waals surface area contributed by atoms with Gasteiger partial charge in [-0.25, -0.2) is 0 Å². The van der Waals surface area contributed by atoms with Crippen LogP contribution in [0.25, 0.3) is 0 Å². The summed E-state index contributed by atoms with van der Waals surface area (Å²) in [6.45, 7) is 6.52. The summed E-state index contributed by atoms with van der Waals surface area (Å²) < 4.78 is 16.6. The maximum Gasteiger partial charge on any atom is 0.306 e. The van der Waals surface area contributed by atoms with Crippen molar-refractivity contribution in [2.75, 3.05) is 13.2 Å². The Morgan fingerprint density at radius 2 is 0.735 bits per heavy atom. The lowest BCUT2D eigenvalue weighted by atomic mass is 10.1. The number of unbranched alkanes of at least 4 members (excludes halogenated alkanes) is 23. The number of esters is 3. The van der Waals surface area contributed by atoms with E-state index in [4.69, 9.17) is 14.2 Å². The maximum absolute atomic E-state index is 12.6. The molecule has 0 aromatic carbocycles. The van der Waals surface area contributed by atoms with E-state index in [-0.39, 0.29) is 31.1 Å². The summed E-state index contributed by atoms with van der Waals surface area (Å²) >= 11 is 0. The molecule has 0 spiro atoms. The van der Waals surface area contributed by atoms with Crippen LogP contribution in [0, 0.1) is 0 Å². The third-order valence-corrected chi connectivity index (χ3v) is 8.99. The van der Waals surface area contributed by atoms with Gasteiger partial charge in [-0.1, -0.05) is 180 Å². The number of hydrogen-bond donors (Lipinski definition) is 0. The van der Waals surface area contributed by atoms with E-state index in [1.54, 1.807) is 0 Å². The molecule has 0 rings (SSSR count). The second-order valence-electron chi connectivity index (χ2n) is 13.9. The lowest BCUT2D eigenvalue weighted by molar-refractivity contribution is -0.167. The summed E-state index contributed by atoms with van der Waals surface area (Å²) in [6, 6.07) is 0. The Kier molecular flexibility index (Phi) is 37.0. The van der Waals surface area contributed by atoms with Crippen LogP contribution in [0.1, 0.15) is 213 Å². The van der Waals surface area contributed by atoms with E-state index < -0.39 is 6.10 Å². The van der Waals surface area contributed by atoms with Gasteiger partial charge in [-0.3, -0.25) is 14.4 Å². The quantitative estimate of drug-likeness (QED) is 0.0279. The van der Waals surface area contributed by atoms with Crippen LogP contribution in [0.15, 0.2) is 24.3 Å². The van der Waals surface area contributed by atoms with E-state index in [9.17, 15) is 14.4 Å². The number of allylic oxidation sites excluding steroid dienone is 4. The molecule has 0 radical (unpaired) electrons. The zero-order chi connectivity index (χ0) is 35.9. The highest BCUT2D eigenvalue weighted by atomic mass is 16.6. The summed E-state index contributed by atoms with van der Waals surface area (Å²) in [5.74, 6) is -0.909. The van der Waals surface area contributed by atoms with Crippen molar-refractivity contribution in [2.45, 2.75) is 219 Å². The van der Waals surface area contributed by atoms with E-state index in [0.717, 1.165) is 70.6 Å². The van der Waals surface area contributed by atoms with Gasteiger partial charge in [-0.05, 0) is 38.5 Å². The third-order valence-electron chi connectivity index (χ3n) is 8.99. The van der Waals surface area contributed by atoms with Crippen molar-refractivity contribution in [3.63, 3.8) is 0 Å². The number of hydrogen-bond acceptors (Lipinski definition) is 6. The molecule has 6 nitrogen and oxygen atoms in total. The highest BCUT2D eigenvalue weighted by Crippen LogP contribution is 2.14. The number of carbonyl (C=O) groups is 3. The van der Waals surface area contributed by atoms with Crippen LogP contribution < -0.4 is 0 Å². The fourth-order valence-corrected chi connectivity index (χ4v) is 5.77. The predicted octanol–water partition coefficient (Wildman–Crippen LogP) is 12.9. The summed E-state index contributed by atoms with van der Waals surface area (Å²) in [5, 5.41) is 0. The fourth-order valence-electron chi connectivity index (χ4n) is 5.77. The van der Waals surface area contributed by atoms with Gasteiger partial charge in [0.05, 0.1) is 0 Å². The summed E-state index contributed by atoms with van der Waals surface area (Å²) in [4.78, 5) is 37.5. The van der Waals surface area contributed by atoms with E-state index >= 15 is 0 Å². The standard InChI is InChI=1S/C43H78O6/c1-4-7-10-13-16-19-21-24-27-30-33-36-42(45)48-39-40(38-47-41(44)35-32-29-26-23-18-15-12-9-6-3)49-43(46)37-34-31-28-25-22-20-17-14-11-8-5-2/h13,16,19,21,40H,4-12,14-15,17-18,20,22-39H2,1-3H3/b16-13-,21-19-. The molecule has 6 heteroatoms. The molecule has 0 fully saturated rings. The molecule has 0 aliphatic carbocycles. The Hall–Kier alpha value is -2.11. The largest absolute Gasteiger partial charge is 0.462 e. The Labute approximate surface area is 303 Å². The molecule has 0 heterocycles. The normalized spacial score (nSPS) is 12.1. The maximum atomic E-state index is 12.6. The van der Waals surface area contributed by atoms with Crippen LogP contribution in [-0.2, 0) is 28.6 Å². The Bertz CT molecular complexity index is 804. The van der Waals surface area contributed by atoms with Crippen molar-refractivity contribution in [2.24, 2.45) is 0 Å². The predicted molar refractivity (Wildman–Crippen MR) is 206 cm³/mol. The van der Waals surface area contributed by atoms with Crippen molar-refractivity contribution in [3.8, 4) is 0 Å². The Morgan fingerprint density at radius 3 is 1.14 bits per heavy atom. The molecule has 0 aliphatic rings. The molecule has 0 aromatic rings. The fraction of sp³-hybridized carbons (Fsp3) is 0.837. The molecule has 1 atom stereocenters. The molecule has 0 saturated heterocycles. The van der Waals surface area contributed by atoms with Gasteiger partial charge in [0.2, 0.25) is 0 Å². The second kappa shape index (κ2) is 38.7. The molecule has 0 bridgehead atoms. The third kappa shape index (κ3) is 37.0. The van der Waals surface area contributed by atoms with Crippen LogP contribution in [0.5, 0.6) is 0 Å². The van der Waals surface area contributed by atoms with Gasteiger partial charge in [-0.2, -0.15) is 0 Å². The molecular formula is C43H78O6.